The van der Waals surface area contributed by atoms with E-state index in [1.807, 2.05) is 6.92 Å². The number of aliphatic carboxylic acids is 1. The van der Waals surface area contributed by atoms with Crippen LogP contribution in [0.2, 0.25) is 0 Å². The Bertz CT molecular complexity index is 367. The van der Waals surface area contributed by atoms with Gasteiger partial charge in [-0.2, -0.15) is 0 Å². The predicted octanol–water partition coefficient (Wildman–Crippen LogP) is 1.69. The summed E-state index contributed by atoms with van der Waals surface area (Å²) in [6.45, 7) is 3.43. The first kappa shape index (κ1) is 12.6. The normalized spacial score (nSPS) is 14.8. The molecule has 0 aliphatic rings. The highest BCUT2D eigenvalue weighted by atomic mass is 19.1. The largest absolute Gasteiger partial charge is 0.480 e. The molecule has 0 aliphatic heterocycles. The number of carbonyl (C=O) groups is 1. The third-order valence-corrected chi connectivity index (χ3v) is 2.76. The van der Waals surface area contributed by atoms with Gasteiger partial charge in [0.2, 0.25) is 0 Å². The first-order valence-electron chi connectivity index (χ1n) is 4.99. The van der Waals surface area contributed by atoms with Crippen molar-refractivity contribution in [1.82, 2.24) is 9.88 Å². The minimum absolute atomic E-state index is 0.174. The molecule has 0 aliphatic carbocycles. The van der Waals surface area contributed by atoms with Crippen molar-refractivity contribution in [2.45, 2.75) is 25.9 Å². The fourth-order valence-corrected chi connectivity index (χ4v) is 1.35. The van der Waals surface area contributed by atoms with Crippen molar-refractivity contribution < 1.29 is 14.3 Å². The number of hydrogen-bond donors (Lipinski definition) is 1. The lowest BCUT2D eigenvalue weighted by molar-refractivity contribution is -0.142. The van der Waals surface area contributed by atoms with Crippen LogP contribution in [0.5, 0.6) is 0 Å². The SMILES string of the molecule is CC(C(=O)O)N(C)C(C)c1ccc(F)cn1. The summed E-state index contributed by atoms with van der Waals surface area (Å²) >= 11 is 0. The third kappa shape index (κ3) is 2.76. The number of hydrogen-bond acceptors (Lipinski definition) is 3. The van der Waals surface area contributed by atoms with Gasteiger partial charge < -0.3 is 5.11 Å². The van der Waals surface area contributed by atoms with Crippen LogP contribution in [0.4, 0.5) is 4.39 Å². The number of nitrogens with zero attached hydrogens (tertiary/aromatic N) is 2. The van der Waals surface area contributed by atoms with Crippen LogP contribution in [0.3, 0.4) is 0 Å². The molecule has 0 spiro atoms. The van der Waals surface area contributed by atoms with Crippen LogP contribution in [0.25, 0.3) is 0 Å². The lowest BCUT2D eigenvalue weighted by atomic mass is 10.1. The average molecular weight is 226 g/mol. The fourth-order valence-electron chi connectivity index (χ4n) is 1.35. The number of pyridine rings is 1. The Kier molecular flexibility index (Phi) is 3.95. The minimum atomic E-state index is -0.892. The number of carboxylic acids is 1. The van der Waals surface area contributed by atoms with Crippen LogP contribution in [-0.2, 0) is 4.79 Å². The van der Waals surface area contributed by atoms with E-state index in [-0.39, 0.29) is 6.04 Å². The van der Waals surface area contributed by atoms with Gasteiger partial charge >= 0.3 is 5.97 Å². The number of rotatable bonds is 4. The van der Waals surface area contributed by atoms with Gasteiger partial charge in [-0.25, -0.2) is 4.39 Å². The van der Waals surface area contributed by atoms with Gasteiger partial charge in [0.15, 0.2) is 0 Å². The Morgan fingerprint density at radius 1 is 1.50 bits per heavy atom. The summed E-state index contributed by atoms with van der Waals surface area (Å²) in [5.41, 5.74) is 0.650. The van der Waals surface area contributed by atoms with E-state index in [2.05, 4.69) is 4.98 Å². The monoisotopic (exact) mass is 226 g/mol. The molecule has 1 heterocycles. The Morgan fingerprint density at radius 3 is 2.56 bits per heavy atom. The highest BCUT2D eigenvalue weighted by Gasteiger charge is 2.23. The second kappa shape index (κ2) is 5.03. The molecular weight excluding hydrogens is 211 g/mol. The topological polar surface area (TPSA) is 53.4 Å². The first-order chi connectivity index (χ1) is 7.43. The molecule has 0 saturated heterocycles. The lowest BCUT2D eigenvalue weighted by Gasteiger charge is -2.27. The minimum Gasteiger partial charge on any atom is -0.480 e. The van der Waals surface area contributed by atoms with Crippen molar-refractivity contribution in [3.8, 4) is 0 Å². The van der Waals surface area contributed by atoms with Crippen LogP contribution in [0, 0.1) is 5.82 Å². The molecule has 1 aromatic heterocycles. The molecule has 2 unspecified atom stereocenters. The van der Waals surface area contributed by atoms with E-state index in [9.17, 15) is 9.18 Å². The van der Waals surface area contributed by atoms with Gasteiger partial charge in [0.25, 0.3) is 0 Å². The van der Waals surface area contributed by atoms with E-state index >= 15 is 0 Å². The van der Waals surface area contributed by atoms with Crippen molar-refractivity contribution in [2.24, 2.45) is 0 Å². The van der Waals surface area contributed by atoms with E-state index in [4.69, 9.17) is 5.11 Å². The summed E-state index contributed by atoms with van der Waals surface area (Å²) in [7, 11) is 1.70. The molecule has 1 aromatic rings. The van der Waals surface area contributed by atoms with Gasteiger partial charge in [0, 0.05) is 6.04 Å². The van der Waals surface area contributed by atoms with E-state index in [1.54, 1.807) is 24.9 Å². The molecule has 0 radical (unpaired) electrons. The Balaban J connectivity index is 2.81. The molecule has 5 heteroatoms. The molecule has 0 saturated carbocycles. The number of likely N-dealkylation sites (N-methyl/N-ethyl adjacent to an activating group) is 1. The quantitative estimate of drug-likeness (QED) is 0.848. The van der Waals surface area contributed by atoms with Crippen LogP contribution in [-0.4, -0.2) is 34.0 Å². The van der Waals surface area contributed by atoms with E-state index in [0.717, 1.165) is 6.20 Å². The summed E-state index contributed by atoms with van der Waals surface area (Å²) in [6, 6.07) is 2.09. The summed E-state index contributed by atoms with van der Waals surface area (Å²) in [4.78, 5) is 16.4. The first-order valence-corrected chi connectivity index (χ1v) is 4.99. The Labute approximate surface area is 93.7 Å². The maximum Gasteiger partial charge on any atom is 0.320 e. The van der Waals surface area contributed by atoms with Crippen molar-refractivity contribution in [2.75, 3.05) is 7.05 Å². The molecule has 88 valence electrons. The standard InChI is InChI=1S/C11H15FN2O2/c1-7(14(3)8(2)11(15)16)10-5-4-9(12)6-13-10/h4-8H,1-3H3,(H,15,16). The van der Waals surface area contributed by atoms with Crippen molar-refractivity contribution >= 4 is 5.97 Å². The molecule has 0 amide bonds. The lowest BCUT2D eigenvalue weighted by Crippen LogP contribution is -2.37. The maximum absolute atomic E-state index is 12.7. The molecule has 16 heavy (non-hydrogen) atoms. The van der Waals surface area contributed by atoms with Gasteiger partial charge in [-0.1, -0.05) is 0 Å². The van der Waals surface area contributed by atoms with Crippen molar-refractivity contribution in [3.05, 3.63) is 29.8 Å². The fraction of sp³-hybridized carbons (Fsp3) is 0.455. The second-order valence-corrected chi connectivity index (χ2v) is 3.76. The van der Waals surface area contributed by atoms with Gasteiger partial charge in [0.05, 0.1) is 11.9 Å². The number of carboxylic acid groups (broad SMARTS) is 1. The average Bonchev–Trinajstić information content (AvgIpc) is 2.27. The molecule has 2 atom stereocenters. The predicted molar refractivity (Wildman–Crippen MR) is 57.5 cm³/mol. The summed E-state index contributed by atoms with van der Waals surface area (Å²) in [6.07, 6.45) is 1.13. The Morgan fingerprint density at radius 2 is 2.12 bits per heavy atom. The summed E-state index contributed by atoms with van der Waals surface area (Å²) < 4.78 is 12.7. The maximum atomic E-state index is 12.7. The van der Waals surface area contributed by atoms with E-state index in [0.29, 0.717) is 5.69 Å². The van der Waals surface area contributed by atoms with Crippen LogP contribution < -0.4 is 0 Å². The summed E-state index contributed by atoms with van der Waals surface area (Å²) in [5, 5.41) is 8.87. The molecule has 0 fully saturated rings. The van der Waals surface area contributed by atoms with Crippen molar-refractivity contribution in [3.63, 3.8) is 0 Å². The second-order valence-electron chi connectivity index (χ2n) is 3.76. The zero-order valence-electron chi connectivity index (χ0n) is 9.51. The van der Waals surface area contributed by atoms with Gasteiger partial charge in [-0.15, -0.1) is 0 Å². The molecule has 4 nitrogen and oxygen atoms in total. The van der Waals surface area contributed by atoms with Crippen LogP contribution in [0.1, 0.15) is 25.6 Å². The molecule has 0 aromatic carbocycles. The molecular formula is C11H15FN2O2. The molecule has 0 bridgehead atoms. The highest BCUT2D eigenvalue weighted by molar-refractivity contribution is 5.72. The third-order valence-electron chi connectivity index (χ3n) is 2.76. The van der Waals surface area contributed by atoms with Crippen LogP contribution in [0.15, 0.2) is 18.3 Å². The molecule has 1 N–H and O–H groups in total. The smallest absolute Gasteiger partial charge is 0.320 e. The zero-order chi connectivity index (χ0) is 12.3. The zero-order valence-corrected chi connectivity index (χ0v) is 9.51. The van der Waals surface area contributed by atoms with Crippen LogP contribution >= 0.6 is 0 Å². The molecule has 1 rings (SSSR count). The number of halogens is 1. The van der Waals surface area contributed by atoms with Crippen molar-refractivity contribution in [1.29, 1.82) is 0 Å². The van der Waals surface area contributed by atoms with Gasteiger partial charge in [-0.05, 0) is 33.0 Å². The van der Waals surface area contributed by atoms with Gasteiger partial charge in [-0.3, -0.25) is 14.7 Å². The van der Waals surface area contributed by atoms with E-state index < -0.39 is 17.8 Å². The summed E-state index contributed by atoms with van der Waals surface area (Å²) in [5.74, 6) is -1.29. The number of aromatic nitrogens is 1. The Hall–Kier alpha value is -1.49. The highest BCUT2D eigenvalue weighted by Crippen LogP contribution is 2.18. The van der Waals surface area contributed by atoms with E-state index in [1.165, 1.54) is 6.07 Å². The van der Waals surface area contributed by atoms with Gasteiger partial charge in [0.1, 0.15) is 11.9 Å².